The number of carbonyl (C=O) groups excluding carboxylic acids is 1. The first kappa shape index (κ1) is 20.7. The van der Waals surface area contributed by atoms with Gasteiger partial charge in [0.25, 0.3) is 5.91 Å². The molecule has 0 aliphatic carbocycles. The summed E-state index contributed by atoms with van der Waals surface area (Å²) in [5.74, 6) is -0.0233. The highest BCUT2D eigenvalue weighted by Gasteiger charge is 2.16. The van der Waals surface area contributed by atoms with Crippen LogP contribution in [0.2, 0.25) is 10.0 Å². The first-order chi connectivity index (χ1) is 12.4. The molecule has 0 fully saturated rings. The number of rotatable bonds is 8. The lowest BCUT2D eigenvalue weighted by Gasteiger charge is -2.19. The maximum Gasteiger partial charge on any atom is 0.279 e. The van der Waals surface area contributed by atoms with Gasteiger partial charge in [0.05, 0.1) is 16.7 Å². The molecule has 1 atom stereocenters. The van der Waals surface area contributed by atoms with E-state index in [9.17, 15) is 4.79 Å². The molecule has 26 heavy (non-hydrogen) atoms. The van der Waals surface area contributed by atoms with Gasteiger partial charge in [-0.25, -0.2) is 0 Å². The van der Waals surface area contributed by atoms with Crippen molar-refractivity contribution in [2.24, 2.45) is 0 Å². The second kappa shape index (κ2) is 9.93. The zero-order valence-corrected chi connectivity index (χ0v) is 16.9. The van der Waals surface area contributed by atoms with Gasteiger partial charge in [0.2, 0.25) is 0 Å². The van der Waals surface area contributed by atoms with Crippen molar-refractivity contribution in [3.05, 3.63) is 63.1 Å². The molecule has 0 aliphatic rings. The van der Waals surface area contributed by atoms with Crippen LogP contribution in [0.5, 0.6) is 0 Å². The van der Waals surface area contributed by atoms with E-state index in [1.807, 2.05) is 44.2 Å². The van der Waals surface area contributed by atoms with E-state index in [-0.39, 0.29) is 5.91 Å². The van der Waals surface area contributed by atoms with Crippen LogP contribution in [0, 0.1) is 13.8 Å². The van der Waals surface area contributed by atoms with Crippen LogP contribution >= 0.6 is 23.2 Å². The van der Waals surface area contributed by atoms with Gasteiger partial charge in [-0.15, -0.1) is 0 Å². The van der Waals surface area contributed by atoms with Crippen LogP contribution < -0.4 is 10.2 Å². The van der Waals surface area contributed by atoms with E-state index in [0.29, 0.717) is 29.7 Å². The number of benzene rings is 2. The number of anilines is 1. The average molecular weight is 396 g/mol. The van der Waals surface area contributed by atoms with Gasteiger partial charge in [-0.2, -0.15) is 0 Å². The third-order valence-electron chi connectivity index (χ3n) is 4.39. The predicted octanol–water partition coefficient (Wildman–Crippen LogP) is 3.28. The summed E-state index contributed by atoms with van der Waals surface area (Å²) in [5, 5.41) is 4.07. The normalized spacial score (nSPS) is 12.0. The fourth-order valence-electron chi connectivity index (χ4n) is 2.73. The second-order valence-corrected chi connectivity index (χ2v) is 7.20. The SMILES string of the molecule is COCC[NH+](CC(=O)Nc1cccc(C)c1C)Cc1ccc(Cl)c(Cl)c1. The first-order valence-electron chi connectivity index (χ1n) is 8.53. The minimum atomic E-state index is -0.0233. The summed E-state index contributed by atoms with van der Waals surface area (Å²) in [7, 11) is 1.66. The Kier molecular flexibility index (Phi) is 7.91. The fourth-order valence-corrected chi connectivity index (χ4v) is 3.05. The van der Waals surface area contributed by atoms with E-state index in [1.54, 1.807) is 13.2 Å². The third kappa shape index (κ3) is 5.99. The van der Waals surface area contributed by atoms with Gasteiger partial charge in [0, 0.05) is 18.4 Å². The number of aryl methyl sites for hydroxylation is 1. The number of nitrogens with one attached hydrogen (secondary N) is 2. The Bertz CT molecular complexity index is 765. The lowest BCUT2D eigenvalue weighted by atomic mass is 10.1. The molecular weight excluding hydrogens is 371 g/mol. The van der Waals surface area contributed by atoms with Crippen LogP contribution in [0.25, 0.3) is 0 Å². The number of ether oxygens (including phenoxy) is 1. The molecule has 0 radical (unpaired) electrons. The molecule has 0 aromatic heterocycles. The molecule has 6 heteroatoms. The topological polar surface area (TPSA) is 42.8 Å². The Morgan fingerprint density at radius 1 is 1.15 bits per heavy atom. The zero-order valence-electron chi connectivity index (χ0n) is 15.4. The number of hydrogen-bond acceptors (Lipinski definition) is 2. The molecule has 0 saturated carbocycles. The van der Waals surface area contributed by atoms with Crippen LogP contribution in [-0.4, -0.2) is 32.7 Å². The van der Waals surface area contributed by atoms with Gasteiger partial charge >= 0.3 is 0 Å². The number of hydrogen-bond donors (Lipinski definition) is 2. The van der Waals surface area contributed by atoms with Crippen LogP contribution in [0.3, 0.4) is 0 Å². The Balaban J connectivity index is 2.05. The lowest BCUT2D eigenvalue weighted by molar-refractivity contribution is -0.906. The molecule has 2 aromatic rings. The molecule has 2 N–H and O–H groups in total. The van der Waals surface area contributed by atoms with E-state index < -0.39 is 0 Å². The van der Waals surface area contributed by atoms with E-state index >= 15 is 0 Å². The highest BCUT2D eigenvalue weighted by molar-refractivity contribution is 6.42. The van der Waals surface area contributed by atoms with Crippen LogP contribution in [-0.2, 0) is 16.1 Å². The van der Waals surface area contributed by atoms with Gasteiger partial charge in [0.15, 0.2) is 6.54 Å². The molecule has 0 aliphatic heterocycles. The quantitative estimate of drug-likeness (QED) is 0.719. The summed E-state index contributed by atoms with van der Waals surface area (Å²) in [6.45, 7) is 6.35. The Morgan fingerprint density at radius 3 is 2.62 bits per heavy atom. The summed E-state index contributed by atoms with van der Waals surface area (Å²) in [6, 6.07) is 11.5. The van der Waals surface area contributed by atoms with Gasteiger partial charge < -0.3 is 15.0 Å². The molecule has 0 bridgehead atoms. The van der Waals surface area contributed by atoms with Crippen LogP contribution in [0.15, 0.2) is 36.4 Å². The molecule has 2 rings (SSSR count). The predicted molar refractivity (Wildman–Crippen MR) is 107 cm³/mol. The van der Waals surface area contributed by atoms with E-state index in [2.05, 4.69) is 5.32 Å². The second-order valence-electron chi connectivity index (χ2n) is 6.39. The number of amides is 1. The Labute approximate surface area is 165 Å². The van der Waals surface area contributed by atoms with Crippen molar-refractivity contribution < 1.29 is 14.4 Å². The molecule has 0 saturated heterocycles. The Morgan fingerprint density at radius 2 is 1.92 bits per heavy atom. The number of quaternary nitrogens is 1. The summed E-state index contributed by atoms with van der Waals surface area (Å²) in [4.78, 5) is 13.6. The summed E-state index contributed by atoms with van der Waals surface area (Å²) in [5.41, 5.74) is 4.13. The van der Waals surface area contributed by atoms with Crippen molar-refractivity contribution in [3.8, 4) is 0 Å². The largest absolute Gasteiger partial charge is 0.379 e. The van der Waals surface area contributed by atoms with Crippen molar-refractivity contribution in [2.45, 2.75) is 20.4 Å². The Hall–Kier alpha value is -1.59. The van der Waals surface area contributed by atoms with Crippen molar-refractivity contribution in [3.63, 3.8) is 0 Å². The molecule has 0 heterocycles. The van der Waals surface area contributed by atoms with Gasteiger partial charge in [-0.05, 0) is 43.2 Å². The maximum atomic E-state index is 12.5. The van der Waals surface area contributed by atoms with Gasteiger partial charge in [0.1, 0.15) is 13.1 Å². The summed E-state index contributed by atoms with van der Waals surface area (Å²) in [6.07, 6.45) is 0. The van der Waals surface area contributed by atoms with E-state index in [0.717, 1.165) is 33.8 Å². The first-order valence-corrected chi connectivity index (χ1v) is 9.28. The third-order valence-corrected chi connectivity index (χ3v) is 5.13. The molecule has 2 aromatic carbocycles. The van der Waals surface area contributed by atoms with Gasteiger partial charge in [-0.3, -0.25) is 4.79 Å². The highest BCUT2D eigenvalue weighted by Crippen LogP contribution is 2.22. The molecule has 0 spiro atoms. The molecule has 1 unspecified atom stereocenters. The van der Waals surface area contributed by atoms with Crippen LogP contribution in [0.4, 0.5) is 5.69 Å². The molecular formula is C20H25Cl2N2O2+. The standard InChI is InChI=1S/C20H24Cl2N2O2/c1-14-5-4-6-19(15(14)2)23-20(25)13-24(9-10-26-3)12-16-7-8-17(21)18(22)11-16/h4-8,11H,9-10,12-13H2,1-3H3,(H,23,25)/p+1. The minimum Gasteiger partial charge on any atom is -0.379 e. The van der Waals surface area contributed by atoms with Crippen LogP contribution in [0.1, 0.15) is 16.7 Å². The fraction of sp³-hybridized carbons (Fsp3) is 0.350. The average Bonchev–Trinajstić information content (AvgIpc) is 2.60. The maximum absolute atomic E-state index is 12.5. The van der Waals surface area contributed by atoms with E-state index in [4.69, 9.17) is 27.9 Å². The minimum absolute atomic E-state index is 0.0233. The number of carbonyl (C=O) groups is 1. The molecule has 1 amide bonds. The summed E-state index contributed by atoms with van der Waals surface area (Å²) < 4.78 is 5.19. The summed E-state index contributed by atoms with van der Waals surface area (Å²) >= 11 is 12.1. The smallest absolute Gasteiger partial charge is 0.279 e. The monoisotopic (exact) mass is 395 g/mol. The van der Waals surface area contributed by atoms with Crippen molar-refractivity contribution in [1.82, 2.24) is 0 Å². The zero-order chi connectivity index (χ0) is 19.1. The van der Waals surface area contributed by atoms with Crippen molar-refractivity contribution in [2.75, 3.05) is 32.1 Å². The highest BCUT2D eigenvalue weighted by atomic mass is 35.5. The van der Waals surface area contributed by atoms with Crippen molar-refractivity contribution in [1.29, 1.82) is 0 Å². The molecule has 140 valence electrons. The molecule has 4 nitrogen and oxygen atoms in total. The number of methoxy groups -OCH3 is 1. The van der Waals surface area contributed by atoms with E-state index in [1.165, 1.54) is 0 Å². The number of halogens is 2. The van der Waals surface area contributed by atoms with Gasteiger partial charge in [-0.1, -0.05) is 41.4 Å². The lowest BCUT2D eigenvalue weighted by Crippen LogP contribution is -3.12. The van der Waals surface area contributed by atoms with Crippen molar-refractivity contribution >= 4 is 34.8 Å².